The summed E-state index contributed by atoms with van der Waals surface area (Å²) in [6, 6.07) is 1.96. The predicted octanol–water partition coefficient (Wildman–Crippen LogP) is 2.11. The molecule has 0 aromatic rings. The molecule has 0 bridgehead atoms. The highest BCUT2D eigenvalue weighted by atomic mass is 28.4. The molecule has 2 aliphatic heterocycles. The van der Waals surface area contributed by atoms with Gasteiger partial charge in [0, 0.05) is 26.4 Å². The Hall–Kier alpha value is -0.0231. The minimum Gasteiger partial charge on any atom is -0.394 e. The lowest BCUT2D eigenvalue weighted by atomic mass is 10.5. The van der Waals surface area contributed by atoms with Gasteiger partial charge in [0.25, 0.3) is 0 Å². The minimum atomic E-state index is -2.14. The molecule has 2 saturated heterocycles. The molecule has 0 amide bonds. The lowest BCUT2D eigenvalue weighted by Crippen LogP contribution is -2.42. The Bertz CT molecular complexity index is 279. The number of hydrogen-bond donors (Lipinski definition) is 0. The molecular weight excluding hydrogens is 316 g/mol. The smallest absolute Gasteiger partial charge is 0.338 e. The van der Waals surface area contributed by atoms with E-state index in [2.05, 4.69) is 0 Å². The summed E-state index contributed by atoms with van der Waals surface area (Å²) in [5.41, 5.74) is 0. The summed E-state index contributed by atoms with van der Waals surface area (Å²) in [6.07, 6.45) is 2.64. The summed E-state index contributed by atoms with van der Waals surface area (Å²) in [5, 5.41) is 0. The van der Waals surface area contributed by atoms with Crippen molar-refractivity contribution >= 4 is 8.56 Å². The number of ether oxygens (including phenoxy) is 4. The monoisotopic (exact) mass is 348 g/mol. The van der Waals surface area contributed by atoms with E-state index < -0.39 is 8.56 Å². The molecular formula is C16H32O6Si. The molecule has 0 unspecified atom stereocenters. The molecule has 2 fully saturated rings. The standard InChI is InChI=1S/C16H32O6Si/c1-3-21-23(22-4-2,9-5-7-17-11-15-13-19-15)10-6-8-18-12-16-14-20-16/h15-16H,3-14H2,1-2H3/t15-,16-/m0/s1. The lowest BCUT2D eigenvalue weighted by molar-refractivity contribution is 0.108. The van der Waals surface area contributed by atoms with Gasteiger partial charge in [-0.1, -0.05) is 0 Å². The van der Waals surface area contributed by atoms with Gasteiger partial charge in [-0.2, -0.15) is 0 Å². The molecule has 0 radical (unpaired) electrons. The average Bonchev–Trinajstić information content (AvgIpc) is 3.42. The largest absolute Gasteiger partial charge is 0.394 e. The molecule has 7 heteroatoms. The Labute approximate surface area is 141 Å². The zero-order valence-electron chi connectivity index (χ0n) is 14.6. The van der Waals surface area contributed by atoms with Crippen molar-refractivity contribution in [3.8, 4) is 0 Å². The maximum atomic E-state index is 6.11. The second-order valence-corrected chi connectivity index (χ2v) is 9.44. The Balaban J connectivity index is 1.62. The molecule has 2 atom stereocenters. The van der Waals surface area contributed by atoms with Crippen LogP contribution in [-0.4, -0.2) is 73.6 Å². The van der Waals surface area contributed by atoms with Crippen LogP contribution in [0.3, 0.4) is 0 Å². The van der Waals surface area contributed by atoms with Gasteiger partial charge in [0.05, 0.1) is 26.4 Å². The van der Waals surface area contributed by atoms with Gasteiger partial charge in [-0.25, -0.2) is 0 Å². The first kappa shape index (κ1) is 19.3. The van der Waals surface area contributed by atoms with Crippen molar-refractivity contribution in [3.63, 3.8) is 0 Å². The second kappa shape index (κ2) is 10.8. The van der Waals surface area contributed by atoms with Gasteiger partial charge >= 0.3 is 8.56 Å². The summed E-state index contributed by atoms with van der Waals surface area (Å²) in [6.45, 7) is 10.1. The molecule has 0 spiro atoms. The third-order valence-electron chi connectivity index (χ3n) is 3.92. The maximum absolute atomic E-state index is 6.11. The summed E-state index contributed by atoms with van der Waals surface area (Å²) in [5.74, 6) is 0. The van der Waals surface area contributed by atoms with E-state index in [1.165, 1.54) is 0 Å². The SMILES string of the molecule is CCO[Si](CCCOC[C@H]1CO1)(CCCOC[C@H]1CO1)OCC. The fourth-order valence-electron chi connectivity index (χ4n) is 2.63. The summed E-state index contributed by atoms with van der Waals surface area (Å²) >= 11 is 0. The highest BCUT2D eigenvalue weighted by Crippen LogP contribution is 2.24. The van der Waals surface area contributed by atoms with Crippen LogP contribution in [0.15, 0.2) is 0 Å². The molecule has 0 saturated carbocycles. The molecule has 0 aromatic heterocycles. The lowest BCUT2D eigenvalue weighted by Gasteiger charge is -2.30. The van der Waals surface area contributed by atoms with Crippen molar-refractivity contribution in [1.29, 1.82) is 0 Å². The predicted molar refractivity (Wildman–Crippen MR) is 89.0 cm³/mol. The molecule has 2 heterocycles. The van der Waals surface area contributed by atoms with Gasteiger partial charge < -0.3 is 27.8 Å². The fourth-order valence-corrected chi connectivity index (χ4v) is 5.96. The van der Waals surface area contributed by atoms with Gasteiger partial charge in [0.15, 0.2) is 0 Å². The summed E-state index contributed by atoms with van der Waals surface area (Å²) in [7, 11) is -2.14. The maximum Gasteiger partial charge on any atom is 0.338 e. The average molecular weight is 349 g/mol. The molecule has 0 aromatic carbocycles. The van der Waals surface area contributed by atoms with Crippen molar-refractivity contribution in [2.75, 3.05) is 52.9 Å². The minimum absolute atomic E-state index is 0.336. The number of epoxide rings is 2. The Morgan fingerprint density at radius 1 is 0.826 bits per heavy atom. The van der Waals surface area contributed by atoms with Gasteiger partial charge in [-0.05, 0) is 38.8 Å². The van der Waals surface area contributed by atoms with Crippen molar-refractivity contribution in [1.82, 2.24) is 0 Å². The Morgan fingerprint density at radius 3 is 1.61 bits per heavy atom. The van der Waals surface area contributed by atoms with Crippen molar-refractivity contribution in [2.45, 2.75) is 51.0 Å². The third-order valence-corrected chi connectivity index (χ3v) is 7.78. The van der Waals surface area contributed by atoms with Gasteiger partial charge in [0.1, 0.15) is 12.2 Å². The van der Waals surface area contributed by atoms with Crippen molar-refractivity contribution in [3.05, 3.63) is 0 Å². The molecule has 6 nitrogen and oxygen atoms in total. The van der Waals surface area contributed by atoms with E-state index in [0.29, 0.717) is 25.4 Å². The van der Waals surface area contributed by atoms with Crippen molar-refractivity contribution < 1.29 is 27.8 Å². The zero-order chi connectivity index (χ0) is 16.4. The summed E-state index contributed by atoms with van der Waals surface area (Å²) in [4.78, 5) is 0. The van der Waals surface area contributed by atoms with E-state index in [9.17, 15) is 0 Å². The summed E-state index contributed by atoms with van der Waals surface area (Å²) < 4.78 is 33.8. The van der Waals surface area contributed by atoms with E-state index in [-0.39, 0.29) is 0 Å². The van der Waals surface area contributed by atoms with Crippen LogP contribution in [0.5, 0.6) is 0 Å². The molecule has 2 aliphatic rings. The van der Waals surface area contributed by atoms with Crippen LogP contribution in [0.1, 0.15) is 26.7 Å². The Kier molecular flexibility index (Phi) is 9.03. The fraction of sp³-hybridized carbons (Fsp3) is 1.00. The van der Waals surface area contributed by atoms with Crippen LogP contribution >= 0.6 is 0 Å². The van der Waals surface area contributed by atoms with Gasteiger partial charge in [0.2, 0.25) is 0 Å². The molecule has 0 N–H and O–H groups in total. The third kappa shape index (κ3) is 8.58. The van der Waals surface area contributed by atoms with E-state index >= 15 is 0 Å². The topological polar surface area (TPSA) is 62.0 Å². The van der Waals surface area contributed by atoms with E-state index in [0.717, 1.165) is 64.6 Å². The Morgan fingerprint density at radius 2 is 1.26 bits per heavy atom. The van der Waals surface area contributed by atoms with Crippen molar-refractivity contribution in [2.24, 2.45) is 0 Å². The molecule has 2 rings (SSSR count). The number of hydrogen-bond acceptors (Lipinski definition) is 6. The first-order valence-corrected chi connectivity index (χ1v) is 11.2. The van der Waals surface area contributed by atoms with E-state index in [1.54, 1.807) is 0 Å². The zero-order valence-corrected chi connectivity index (χ0v) is 15.6. The van der Waals surface area contributed by atoms with Crippen LogP contribution in [0.2, 0.25) is 12.1 Å². The first-order chi connectivity index (χ1) is 11.3. The molecule has 136 valence electrons. The van der Waals surface area contributed by atoms with Crippen LogP contribution in [0, 0.1) is 0 Å². The van der Waals surface area contributed by atoms with Crippen LogP contribution in [0.25, 0.3) is 0 Å². The van der Waals surface area contributed by atoms with E-state index in [4.69, 9.17) is 27.8 Å². The highest BCUT2D eigenvalue weighted by molar-refractivity contribution is 6.67. The van der Waals surface area contributed by atoms with Crippen LogP contribution < -0.4 is 0 Å². The highest BCUT2D eigenvalue weighted by Gasteiger charge is 2.36. The van der Waals surface area contributed by atoms with Gasteiger partial charge in [-0.3, -0.25) is 0 Å². The van der Waals surface area contributed by atoms with E-state index in [1.807, 2.05) is 13.8 Å². The second-order valence-electron chi connectivity index (χ2n) is 6.04. The van der Waals surface area contributed by atoms with Crippen LogP contribution in [-0.2, 0) is 27.8 Å². The van der Waals surface area contributed by atoms with Crippen LogP contribution in [0.4, 0.5) is 0 Å². The first-order valence-electron chi connectivity index (χ1n) is 8.94. The molecule has 0 aliphatic carbocycles. The molecule has 23 heavy (non-hydrogen) atoms. The normalized spacial score (nSPS) is 23.2. The number of rotatable bonds is 16. The quantitative estimate of drug-likeness (QED) is 0.242. The van der Waals surface area contributed by atoms with Gasteiger partial charge in [-0.15, -0.1) is 0 Å².